The maximum absolute atomic E-state index is 13.4. The van der Waals surface area contributed by atoms with Gasteiger partial charge in [0.25, 0.3) is 0 Å². The van der Waals surface area contributed by atoms with E-state index in [-0.39, 0.29) is 6.04 Å². The smallest absolute Gasteiger partial charge is 0.109 e. The summed E-state index contributed by atoms with van der Waals surface area (Å²) < 4.78 is 13.4. The summed E-state index contributed by atoms with van der Waals surface area (Å²) in [7, 11) is 1.85. The molecule has 2 nitrogen and oxygen atoms in total. The molecule has 0 N–H and O–H groups in total. The normalized spacial score (nSPS) is 17.9. The lowest BCUT2D eigenvalue weighted by Gasteiger charge is -2.24. The Morgan fingerprint density at radius 3 is 2.54 bits per heavy atom. The fourth-order valence-electron chi connectivity index (χ4n) is 0.878. The Balaban J connectivity index is 3.84. The van der Waals surface area contributed by atoms with Gasteiger partial charge in [0.05, 0.1) is 12.1 Å². The molecular weight excluding hydrogens is 167 g/mol. The van der Waals surface area contributed by atoms with Gasteiger partial charge in [-0.15, -0.1) is 0 Å². The molecule has 76 valence electrons. The van der Waals surface area contributed by atoms with Crippen LogP contribution in [0.2, 0.25) is 0 Å². The summed E-state index contributed by atoms with van der Waals surface area (Å²) in [6, 6.07) is 1.99. The maximum atomic E-state index is 13.4. The molecule has 0 bridgehead atoms. The van der Waals surface area contributed by atoms with E-state index in [1.165, 1.54) is 0 Å². The predicted molar refractivity (Wildman–Crippen MR) is 52.1 cm³/mol. The standard InChI is InChI=1S/C10H19FN2/c1-5-10(3,11)6-7-13(4)9(2)8-12/h9H,5-7H2,1-4H3. The zero-order chi connectivity index (χ0) is 10.5. The Hall–Kier alpha value is -0.620. The molecule has 0 aliphatic carbocycles. The van der Waals surface area contributed by atoms with Crippen molar-refractivity contribution in [3.05, 3.63) is 0 Å². The molecule has 0 amide bonds. The van der Waals surface area contributed by atoms with Crippen LogP contribution < -0.4 is 0 Å². The number of nitriles is 1. The molecule has 0 aromatic rings. The molecule has 0 saturated carbocycles. The van der Waals surface area contributed by atoms with Crippen LogP contribution in [0.15, 0.2) is 0 Å². The molecule has 13 heavy (non-hydrogen) atoms. The zero-order valence-corrected chi connectivity index (χ0v) is 8.97. The molecule has 2 unspecified atom stereocenters. The third kappa shape index (κ3) is 4.84. The summed E-state index contributed by atoms with van der Waals surface area (Å²) in [5.41, 5.74) is -1.09. The van der Waals surface area contributed by atoms with Gasteiger partial charge in [-0.2, -0.15) is 5.26 Å². The van der Waals surface area contributed by atoms with E-state index in [0.29, 0.717) is 19.4 Å². The Morgan fingerprint density at radius 2 is 2.15 bits per heavy atom. The predicted octanol–water partition coefficient (Wildman–Crippen LogP) is 2.36. The SMILES string of the molecule is CCC(C)(F)CCN(C)C(C)C#N. The number of halogens is 1. The summed E-state index contributed by atoms with van der Waals surface area (Å²) in [5.74, 6) is 0. The van der Waals surface area contributed by atoms with Crippen molar-refractivity contribution in [3.63, 3.8) is 0 Å². The van der Waals surface area contributed by atoms with Crippen molar-refractivity contribution in [3.8, 4) is 6.07 Å². The molecule has 0 aromatic carbocycles. The number of nitrogens with zero attached hydrogens (tertiary/aromatic N) is 2. The first kappa shape index (κ1) is 12.4. The second kappa shape index (κ2) is 5.18. The molecule has 3 heteroatoms. The summed E-state index contributed by atoms with van der Waals surface area (Å²) in [5, 5.41) is 8.61. The highest BCUT2D eigenvalue weighted by molar-refractivity contribution is 4.87. The van der Waals surface area contributed by atoms with Crippen molar-refractivity contribution < 1.29 is 4.39 Å². The topological polar surface area (TPSA) is 27.0 Å². The van der Waals surface area contributed by atoms with Crippen molar-refractivity contribution in [1.82, 2.24) is 4.90 Å². The zero-order valence-electron chi connectivity index (χ0n) is 8.97. The molecule has 0 fully saturated rings. The monoisotopic (exact) mass is 186 g/mol. The number of alkyl halides is 1. The van der Waals surface area contributed by atoms with E-state index in [1.54, 1.807) is 6.92 Å². The van der Waals surface area contributed by atoms with Gasteiger partial charge in [-0.25, -0.2) is 4.39 Å². The summed E-state index contributed by atoms with van der Waals surface area (Å²) in [6.07, 6.45) is 1.02. The first-order chi connectivity index (χ1) is 5.93. The van der Waals surface area contributed by atoms with Gasteiger partial charge in [-0.1, -0.05) is 6.92 Å². The van der Waals surface area contributed by atoms with Gasteiger partial charge in [-0.3, -0.25) is 4.90 Å². The largest absolute Gasteiger partial charge is 0.291 e. The lowest BCUT2D eigenvalue weighted by molar-refractivity contribution is 0.142. The first-order valence-corrected chi connectivity index (χ1v) is 4.71. The van der Waals surface area contributed by atoms with Crippen molar-refractivity contribution in [1.29, 1.82) is 5.26 Å². The average Bonchev–Trinajstić information content (AvgIpc) is 2.13. The van der Waals surface area contributed by atoms with Crippen LogP contribution in [0.3, 0.4) is 0 Å². The summed E-state index contributed by atoms with van der Waals surface area (Å²) >= 11 is 0. The quantitative estimate of drug-likeness (QED) is 0.659. The highest BCUT2D eigenvalue weighted by Crippen LogP contribution is 2.19. The van der Waals surface area contributed by atoms with Crippen LogP contribution in [0, 0.1) is 11.3 Å². The number of hydrogen-bond donors (Lipinski definition) is 0. The first-order valence-electron chi connectivity index (χ1n) is 4.71. The summed E-state index contributed by atoms with van der Waals surface area (Å²) in [6.45, 7) is 5.91. The third-order valence-corrected chi connectivity index (χ3v) is 2.57. The number of hydrogen-bond acceptors (Lipinski definition) is 2. The van der Waals surface area contributed by atoms with Crippen LogP contribution >= 0.6 is 0 Å². The van der Waals surface area contributed by atoms with Gasteiger partial charge < -0.3 is 0 Å². The van der Waals surface area contributed by atoms with Crippen LogP contribution in [0.25, 0.3) is 0 Å². The Bertz CT molecular complexity index is 184. The highest BCUT2D eigenvalue weighted by Gasteiger charge is 2.21. The van der Waals surface area contributed by atoms with Crippen molar-refractivity contribution in [2.24, 2.45) is 0 Å². The fraction of sp³-hybridized carbons (Fsp3) is 0.900. The molecule has 0 rings (SSSR count). The molecule has 0 spiro atoms. The van der Waals surface area contributed by atoms with E-state index >= 15 is 0 Å². The second-order valence-corrected chi connectivity index (χ2v) is 3.80. The minimum atomic E-state index is -1.09. The van der Waals surface area contributed by atoms with Gasteiger partial charge in [-0.05, 0) is 33.7 Å². The van der Waals surface area contributed by atoms with Crippen molar-refractivity contribution in [2.45, 2.75) is 45.3 Å². The Morgan fingerprint density at radius 1 is 1.62 bits per heavy atom. The molecule has 0 radical (unpaired) electrons. The van der Waals surface area contributed by atoms with E-state index in [9.17, 15) is 4.39 Å². The second-order valence-electron chi connectivity index (χ2n) is 3.80. The van der Waals surface area contributed by atoms with Crippen molar-refractivity contribution in [2.75, 3.05) is 13.6 Å². The molecule has 0 heterocycles. The van der Waals surface area contributed by atoms with Gasteiger partial charge in [0, 0.05) is 6.54 Å². The Kier molecular flexibility index (Phi) is 4.94. The van der Waals surface area contributed by atoms with E-state index < -0.39 is 5.67 Å². The highest BCUT2D eigenvalue weighted by atomic mass is 19.1. The minimum Gasteiger partial charge on any atom is -0.291 e. The lowest BCUT2D eigenvalue weighted by atomic mass is 10.0. The molecule has 0 aliphatic heterocycles. The molecule has 0 aromatic heterocycles. The summed E-state index contributed by atoms with van der Waals surface area (Å²) in [4.78, 5) is 1.87. The van der Waals surface area contributed by atoms with Crippen LogP contribution in [0.5, 0.6) is 0 Å². The molecule has 0 saturated heterocycles. The lowest BCUT2D eigenvalue weighted by Crippen LogP contribution is -2.32. The maximum Gasteiger partial charge on any atom is 0.109 e. The van der Waals surface area contributed by atoms with E-state index in [0.717, 1.165) is 0 Å². The fourth-order valence-corrected chi connectivity index (χ4v) is 0.878. The van der Waals surface area contributed by atoms with Crippen LogP contribution in [-0.4, -0.2) is 30.2 Å². The van der Waals surface area contributed by atoms with E-state index in [4.69, 9.17) is 5.26 Å². The van der Waals surface area contributed by atoms with Gasteiger partial charge in [0.2, 0.25) is 0 Å². The van der Waals surface area contributed by atoms with E-state index in [1.807, 2.05) is 25.8 Å². The van der Waals surface area contributed by atoms with Crippen LogP contribution in [-0.2, 0) is 0 Å². The number of rotatable bonds is 5. The van der Waals surface area contributed by atoms with Gasteiger partial charge >= 0.3 is 0 Å². The molecular formula is C10H19FN2. The third-order valence-electron chi connectivity index (χ3n) is 2.57. The minimum absolute atomic E-state index is 0.132. The Labute approximate surface area is 80.3 Å². The van der Waals surface area contributed by atoms with Crippen LogP contribution in [0.1, 0.15) is 33.6 Å². The van der Waals surface area contributed by atoms with Crippen molar-refractivity contribution >= 4 is 0 Å². The molecule has 2 atom stereocenters. The van der Waals surface area contributed by atoms with Crippen LogP contribution in [0.4, 0.5) is 4.39 Å². The molecule has 0 aliphatic rings. The van der Waals surface area contributed by atoms with Gasteiger partial charge in [0.1, 0.15) is 5.67 Å². The average molecular weight is 186 g/mol. The van der Waals surface area contributed by atoms with E-state index in [2.05, 4.69) is 6.07 Å². The van der Waals surface area contributed by atoms with Gasteiger partial charge in [0.15, 0.2) is 0 Å².